The van der Waals surface area contributed by atoms with Crippen molar-refractivity contribution in [2.24, 2.45) is 5.73 Å². The van der Waals surface area contributed by atoms with Gasteiger partial charge in [0.15, 0.2) is 0 Å². The molecule has 1 aliphatic carbocycles. The van der Waals surface area contributed by atoms with Gasteiger partial charge < -0.3 is 10.5 Å². The van der Waals surface area contributed by atoms with Crippen LogP contribution in [0.3, 0.4) is 0 Å². The van der Waals surface area contributed by atoms with E-state index in [0.717, 1.165) is 23.6 Å². The summed E-state index contributed by atoms with van der Waals surface area (Å²) in [4.78, 5) is 0. The van der Waals surface area contributed by atoms with Gasteiger partial charge in [-0.15, -0.1) is 0 Å². The van der Waals surface area contributed by atoms with Crippen molar-refractivity contribution in [1.29, 1.82) is 0 Å². The molecule has 0 radical (unpaired) electrons. The maximum Gasteiger partial charge on any atom is 0.127 e. The number of ether oxygens (including phenoxy) is 1. The highest BCUT2D eigenvalue weighted by Gasteiger charge is 1.98. The van der Waals surface area contributed by atoms with E-state index in [-0.39, 0.29) is 0 Å². The predicted molar refractivity (Wildman–Crippen MR) is 61.2 cm³/mol. The third-order valence-corrected chi connectivity index (χ3v) is 2.09. The summed E-state index contributed by atoms with van der Waals surface area (Å²) in [6.07, 6.45) is 8.50. The molecule has 0 unspecified atom stereocenters. The molecule has 15 heavy (non-hydrogen) atoms. The van der Waals surface area contributed by atoms with E-state index in [4.69, 9.17) is 10.5 Å². The first-order chi connectivity index (χ1) is 7.34. The van der Waals surface area contributed by atoms with Gasteiger partial charge in [0.25, 0.3) is 0 Å². The molecule has 1 aromatic carbocycles. The fourth-order valence-corrected chi connectivity index (χ4v) is 1.33. The maximum absolute atomic E-state index is 5.68. The van der Waals surface area contributed by atoms with Crippen LogP contribution in [0.2, 0.25) is 0 Å². The zero-order chi connectivity index (χ0) is 10.5. The number of para-hydroxylation sites is 1. The minimum Gasteiger partial charge on any atom is -0.458 e. The Kier molecular flexibility index (Phi) is 2.88. The van der Waals surface area contributed by atoms with Crippen molar-refractivity contribution in [1.82, 2.24) is 0 Å². The number of rotatable bonds is 2. The molecule has 1 aromatic rings. The van der Waals surface area contributed by atoms with E-state index in [2.05, 4.69) is 0 Å². The molecule has 2 rings (SSSR count). The second-order valence-electron chi connectivity index (χ2n) is 3.29. The number of hydrogen-bond acceptors (Lipinski definition) is 2. The Hall–Kier alpha value is -1.96. The third-order valence-electron chi connectivity index (χ3n) is 2.09. The van der Waals surface area contributed by atoms with Crippen LogP contribution in [0.15, 0.2) is 66.1 Å². The molecular formula is C13H13NO. The molecule has 0 aromatic heterocycles. The Labute approximate surface area is 89.4 Å². The highest BCUT2D eigenvalue weighted by atomic mass is 16.5. The van der Waals surface area contributed by atoms with E-state index in [1.807, 2.05) is 54.6 Å². The van der Waals surface area contributed by atoms with Gasteiger partial charge in [-0.25, -0.2) is 0 Å². The molecule has 0 atom stereocenters. The van der Waals surface area contributed by atoms with Gasteiger partial charge in [0.05, 0.1) is 0 Å². The van der Waals surface area contributed by atoms with Gasteiger partial charge in [-0.1, -0.05) is 24.3 Å². The van der Waals surface area contributed by atoms with Crippen molar-refractivity contribution in [3.8, 4) is 5.75 Å². The minimum atomic E-state index is 0.776. The summed E-state index contributed by atoms with van der Waals surface area (Å²) in [5, 5.41) is 0. The Morgan fingerprint density at radius 3 is 2.60 bits per heavy atom. The van der Waals surface area contributed by atoms with Crippen LogP contribution in [-0.2, 0) is 0 Å². The van der Waals surface area contributed by atoms with Gasteiger partial charge >= 0.3 is 0 Å². The molecule has 2 N–H and O–H groups in total. The summed E-state index contributed by atoms with van der Waals surface area (Å²) in [6, 6.07) is 9.71. The zero-order valence-corrected chi connectivity index (χ0v) is 8.39. The summed E-state index contributed by atoms with van der Waals surface area (Å²) >= 11 is 0. The van der Waals surface area contributed by atoms with Gasteiger partial charge in [0.2, 0.25) is 0 Å². The zero-order valence-electron chi connectivity index (χ0n) is 8.39. The highest BCUT2D eigenvalue weighted by molar-refractivity contribution is 5.31. The van der Waals surface area contributed by atoms with Gasteiger partial charge in [-0.2, -0.15) is 0 Å². The van der Waals surface area contributed by atoms with Crippen molar-refractivity contribution >= 4 is 0 Å². The van der Waals surface area contributed by atoms with Crippen LogP contribution in [-0.4, -0.2) is 0 Å². The molecule has 0 bridgehead atoms. The summed E-state index contributed by atoms with van der Waals surface area (Å²) < 4.78 is 5.67. The second kappa shape index (κ2) is 4.51. The van der Waals surface area contributed by atoms with E-state index >= 15 is 0 Å². The topological polar surface area (TPSA) is 35.2 Å². The van der Waals surface area contributed by atoms with Gasteiger partial charge in [0.1, 0.15) is 11.5 Å². The van der Waals surface area contributed by atoms with E-state index in [0.29, 0.717) is 0 Å². The first kappa shape index (κ1) is 9.59. The van der Waals surface area contributed by atoms with Crippen LogP contribution in [0, 0.1) is 0 Å². The third kappa shape index (κ3) is 2.74. The number of hydrogen-bond donors (Lipinski definition) is 1. The van der Waals surface area contributed by atoms with Gasteiger partial charge in [0, 0.05) is 5.70 Å². The van der Waals surface area contributed by atoms with Crippen LogP contribution in [0.1, 0.15) is 6.42 Å². The fraction of sp³-hybridized carbons (Fsp3) is 0.0769. The van der Waals surface area contributed by atoms with E-state index in [9.17, 15) is 0 Å². The van der Waals surface area contributed by atoms with Crippen LogP contribution in [0.25, 0.3) is 0 Å². The molecule has 0 amide bonds. The number of benzene rings is 1. The van der Waals surface area contributed by atoms with Crippen molar-refractivity contribution < 1.29 is 4.74 Å². The highest BCUT2D eigenvalue weighted by Crippen LogP contribution is 2.15. The van der Waals surface area contributed by atoms with Crippen LogP contribution < -0.4 is 10.5 Å². The van der Waals surface area contributed by atoms with Gasteiger partial charge in [-0.3, -0.25) is 0 Å². The Bertz CT molecular complexity index is 415. The fourth-order valence-electron chi connectivity index (χ4n) is 1.33. The lowest BCUT2D eigenvalue weighted by Crippen LogP contribution is -1.92. The van der Waals surface area contributed by atoms with Crippen molar-refractivity contribution in [2.45, 2.75) is 6.42 Å². The molecule has 0 heterocycles. The molecule has 2 heteroatoms. The molecule has 0 fully saturated rings. The summed E-state index contributed by atoms with van der Waals surface area (Å²) in [6.45, 7) is 0. The monoisotopic (exact) mass is 199 g/mol. The first-order valence-corrected chi connectivity index (χ1v) is 4.91. The Morgan fingerprint density at radius 1 is 1.00 bits per heavy atom. The molecule has 1 aliphatic rings. The number of allylic oxidation sites excluding steroid dienone is 4. The van der Waals surface area contributed by atoms with Crippen LogP contribution in [0.5, 0.6) is 5.75 Å². The van der Waals surface area contributed by atoms with Gasteiger partial charge in [-0.05, 0) is 36.8 Å². The number of nitrogens with two attached hydrogens (primary N) is 1. The smallest absolute Gasteiger partial charge is 0.127 e. The van der Waals surface area contributed by atoms with E-state index in [1.165, 1.54) is 0 Å². The van der Waals surface area contributed by atoms with Crippen LogP contribution in [0.4, 0.5) is 0 Å². The first-order valence-electron chi connectivity index (χ1n) is 4.91. The normalized spacial score (nSPS) is 15.2. The largest absolute Gasteiger partial charge is 0.458 e. The Balaban J connectivity index is 2.08. The van der Waals surface area contributed by atoms with Crippen molar-refractivity contribution in [3.05, 3.63) is 66.1 Å². The van der Waals surface area contributed by atoms with Crippen molar-refractivity contribution in [3.63, 3.8) is 0 Å². The average Bonchev–Trinajstić information content (AvgIpc) is 2.46. The molecule has 0 saturated heterocycles. The molecule has 2 nitrogen and oxygen atoms in total. The average molecular weight is 199 g/mol. The summed E-state index contributed by atoms with van der Waals surface area (Å²) in [5.74, 6) is 1.67. The molecule has 0 saturated carbocycles. The maximum atomic E-state index is 5.68. The predicted octanol–water partition coefficient (Wildman–Crippen LogP) is 2.75. The Morgan fingerprint density at radius 2 is 1.80 bits per heavy atom. The summed E-state index contributed by atoms with van der Waals surface area (Å²) in [5.41, 5.74) is 6.45. The molecule has 76 valence electrons. The van der Waals surface area contributed by atoms with E-state index in [1.54, 1.807) is 0 Å². The lowest BCUT2D eigenvalue weighted by molar-refractivity contribution is 0.443. The minimum absolute atomic E-state index is 0.776. The van der Waals surface area contributed by atoms with Crippen molar-refractivity contribution in [2.75, 3.05) is 0 Å². The molecule has 0 spiro atoms. The second-order valence-corrected chi connectivity index (χ2v) is 3.29. The molecule has 0 aliphatic heterocycles. The lowest BCUT2D eigenvalue weighted by Gasteiger charge is -2.04. The quantitative estimate of drug-likeness (QED) is 0.794. The SMILES string of the molecule is NC1=CCC=C(Oc2ccccc2)C=C1. The lowest BCUT2D eigenvalue weighted by atomic mass is 10.3. The van der Waals surface area contributed by atoms with Crippen LogP contribution >= 0.6 is 0 Å². The standard InChI is InChI=1S/C13H13NO/c14-11-5-4-8-13(10-9-11)15-12-6-2-1-3-7-12/h1-3,5-10H,4,14H2. The summed E-state index contributed by atoms with van der Waals surface area (Å²) in [7, 11) is 0. The molecular weight excluding hydrogens is 186 g/mol. The van der Waals surface area contributed by atoms with E-state index < -0.39 is 0 Å².